The van der Waals surface area contributed by atoms with Gasteiger partial charge in [0.05, 0.1) is 17.2 Å². The highest BCUT2D eigenvalue weighted by molar-refractivity contribution is 7.09. The maximum atomic E-state index is 11.1. The second-order valence-corrected chi connectivity index (χ2v) is 4.81. The summed E-state index contributed by atoms with van der Waals surface area (Å²) in [7, 11) is 0. The van der Waals surface area contributed by atoms with Crippen molar-refractivity contribution in [1.82, 2.24) is 9.55 Å². The highest BCUT2D eigenvalue weighted by Crippen LogP contribution is 2.15. The van der Waals surface area contributed by atoms with Gasteiger partial charge in [0.15, 0.2) is 0 Å². The van der Waals surface area contributed by atoms with Crippen molar-refractivity contribution in [1.29, 1.82) is 0 Å². The number of aryl methyl sites for hydroxylation is 2. The van der Waals surface area contributed by atoms with Crippen molar-refractivity contribution in [3.05, 3.63) is 39.6 Å². The van der Waals surface area contributed by atoms with Gasteiger partial charge in [-0.05, 0) is 25.0 Å². The molecule has 0 unspecified atom stereocenters. The molecular formula is C12H14N2O2S. The Morgan fingerprint density at radius 2 is 2.35 bits per heavy atom. The molecule has 0 saturated heterocycles. The molecule has 17 heavy (non-hydrogen) atoms. The fourth-order valence-corrected chi connectivity index (χ4v) is 2.50. The van der Waals surface area contributed by atoms with E-state index < -0.39 is 5.97 Å². The molecule has 0 aliphatic carbocycles. The first kappa shape index (κ1) is 11.9. The van der Waals surface area contributed by atoms with Crippen LogP contribution in [0.5, 0.6) is 0 Å². The van der Waals surface area contributed by atoms with Gasteiger partial charge in [-0.3, -0.25) is 0 Å². The molecule has 2 heterocycles. The van der Waals surface area contributed by atoms with E-state index in [-0.39, 0.29) is 0 Å². The van der Waals surface area contributed by atoms with Crippen LogP contribution in [0.15, 0.2) is 17.6 Å². The van der Waals surface area contributed by atoms with Gasteiger partial charge in [-0.25, -0.2) is 9.78 Å². The third-order valence-corrected chi connectivity index (χ3v) is 3.64. The number of thiazole rings is 1. The van der Waals surface area contributed by atoms with E-state index in [1.807, 2.05) is 11.4 Å². The van der Waals surface area contributed by atoms with Gasteiger partial charge in [-0.1, -0.05) is 6.92 Å². The predicted molar refractivity (Wildman–Crippen MR) is 66.7 cm³/mol. The molecule has 2 aromatic heterocycles. The van der Waals surface area contributed by atoms with Crippen LogP contribution in [0.3, 0.4) is 0 Å². The van der Waals surface area contributed by atoms with Gasteiger partial charge in [0, 0.05) is 11.6 Å². The molecule has 0 atom stereocenters. The third-order valence-electron chi connectivity index (χ3n) is 2.60. The molecule has 0 bridgehead atoms. The van der Waals surface area contributed by atoms with Crippen molar-refractivity contribution in [2.24, 2.45) is 0 Å². The normalized spacial score (nSPS) is 10.7. The fraction of sp³-hybridized carbons (Fsp3) is 0.333. The van der Waals surface area contributed by atoms with E-state index >= 15 is 0 Å². The average Bonchev–Trinajstić information content (AvgIpc) is 2.86. The van der Waals surface area contributed by atoms with E-state index in [1.54, 1.807) is 29.0 Å². The molecular weight excluding hydrogens is 236 g/mol. The van der Waals surface area contributed by atoms with E-state index in [0.717, 1.165) is 22.7 Å². The molecule has 1 N–H and O–H groups in total. The van der Waals surface area contributed by atoms with Crippen molar-refractivity contribution in [3.8, 4) is 0 Å². The van der Waals surface area contributed by atoms with Gasteiger partial charge >= 0.3 is 5.97 Å². The summed E-state index contributed by atoms with van der Waals surface area (Å²) in [6.45, 7) is 4.38. The lowest BCUT2D eigenvalue weighted by Crippen LogP contribution is -2.10. The molecule has 0 saturated carbocycles. The quantitative estimate of drug-likeness (QED) is 0.907. The number of hydrogen-bond donors (Lipinski definition) is 1. The van der Waals surface area contributed by atoms with Crippen molar-refractivity contribution in [2.45, 2.75) is 26.8 Å². The Hall–Kier alpha value is -1.62. The van der Waals surface area contributed by atoms with Crippen LogP contribution >= 0.6 is 11.3 Å². The standard InChI is InChI=1S/C12H14N2O2S/c1-3-10-13-9(7-17-10)6-14-5-4-8(2)11(14)12(15)16/h4-5,7H,3,6H2,1-2H3,(H,15,16). The SMILES string of the molecule is CCc1nc(Cn2ccc(C)c2C(=O)O)cs1. The molecule has 4 nitrogen and oxygen atoms in total. The minimum Gasteiger partial charge on any atom is -0.477 e. The molecule has 0 radical (unpaired) electrons. The summed E-state index contributed by atoms with van der Waals surface area (Å²) in [6.07, 6.45) is 2.71. The summed E-state index contributed by atoms with van der Waals surface area (Å²) in [5, 5.41) is 12.2. The van der Waals surface area contributed by atoms with Crippen LogP contribution in [0.4, 0.5) is 0 Å². The number of hydrogen-bond acceptors (Lipinski definition) is 3. The Bertz CT molecular complexity index is 542. The van der Waals surface area contributed by atoms with Crippen LogP contribution in [-0.4, -0.2) is 20.6 Å². The van der Waals surface area contributed by atoms with Gasteiger partial charge in [-0.15, -0.1) is 11.3 Å². The minimum atomic E-state index is -0.890. The van der Waals surface area contributed by atoms with Gasteiger partial charge in [-0.2, -0.15) is 0 Å². The van der Waals surface area contributed by atoms with Crippen LogP contribution in [0.25, 0.3) is 0 Å². The molecule has 0 fully saturated rings. The van der Waals surface area contributed by atoms with Crippen molar-refractivity contribution >= 4 is 17.3 Å². The highest BCUT2D eigenvalue weighted by atomic mass is 32.1. The molecule has 0 aliphatic heterocycles. The largest absolute Gasteiger partial charge is 0.477 e. The lowest BCUT2D eigenvalue weighted by Gasteiger charge is -2.04. The average molecular weight is 250 g/mol. The summed E-state index contributed by atoms with van der Waals surface area (Å²) in [5.74, 6) is -0.890. The zero-order chi connectivity index (χ0) is 12.4. The second-order valence-electron chi connectivity index (χ2n) is 3.87. The number of carbonyl (C=O) groups is 1. The number of aromatic nitrogens is 2. The van der Waals surface area contributed by atoms with Crippen LogP contribution in [-0.2, 0) is 13.0 Å². The molecule has 90 valence electrons. The Kier molecular flexibility index (Phi) is 3.28. The first-order valence-corrected chi connectivity index (χ1v) is 6.32. The Balaban J connectivity index is 2.27. The van der Waals surface area contributed by atoms with Crippen LogP contribution in [0, 0.1) is 6.92 Å². The monoisotopic (exact) mass is 250 g/mol. The topological polar surface area (TPSA) is 55.1 Å². The van der Waals surface area contributed by atoms with Gasteiger partial charge < -0.3 is 9.67 Å². The van der Waals surface area contributed by atoms with Gasteiger partial charge in [0.1, 0.15) is 5.69 Å². The number of carboxylic acids is 1. The summed E-state index contributed by atoms with van der Waals surface area (Å²) in [4.78, 5) is 15.6. The first-order valence-electron chi connectivity index (χ1n) is 5.44. The summed E-state index contributed by atoms with van der Waals surface area (Å²) >= 11 is 1.62. The van der Waals surface area contributed by atoms with Crippen LogP contribution in [0.2, 0.25) is 0 Å². The minimum absolute atomic E-state index is 0.344. The van der Waals surface area contributed by atoms with E-state index in [0.29, 0.717) is 12.2 Å². The maximum absolute atomic E-state index is 11.1. The van der Waals surface area contributed by atoms with Crippen molar-refractivity contribution in [3.63, 3.8) is 0 Å². The van der Waals surface area contributed by atoms with E-state index in [9.17, 15) is 4.79 Å². The zero-order valence-electron chi connectivity index (χ0n) is 9.80. The van der Waals surface area contributed by atoms with Gasteiger partial charge in [0.2, 0.25) is 0 Å². The smallest absolute Gasteiger partial charge is 0.352 e. The first-order chi connectivity index (χ1) is 8.11. The Morgan fingerprint density at radius 3 is 2.94 bits per heavy atom. The van der Waals surface area contributed by atoms with E-state index in [2.05, 4.69) is 11.9 Å². The van der Waals surface area contributed by atoms with Crippen molar-refractivity contribution in [2.75, 3.05) is 0 Å². The number of carboxylic acid groups (broad SMARTS) is 1. The van der Waals surface area contributed by atoms with Crippen LogP contribution in [0.1, 0.15) is 33.7 Å². The lowest BCUT2D eigenvalue weighted by molar-refractivity contribution is 0.0685. The second kappa shape index (κ2) is 4.71. The van der Waals surface area contributed by atoms with Crippen LogP contribution < -0.4 is 0 Å². The Morgan fingerprint density at radius 1 is 1.59 bits per heavy atom. The molecule has 0 spiro atoms. The summed E-state index contributed by atoms with van der Waals surface area (Å²) in [5.41, 5.74) is 2.05. The molecule has 5 heteroatoms. The highest BCUT2D eigenvalue weighted by Gasteiger charge is 2.14. The number of nitrogens with zero attached hydrogens (tertiary/aromatic N) is 2. The summed E-state index contributed by atoms with van der Waals surface area (Å²) < 4.78 is 1.73. The maximum Gasteiger partial charge on any atom is 0.352 e. The molecule has 0 aliphatic rings. The molecule has 2 aromatic rings. The van der Waals surface area contributed by atoms with Crippen molar-refractivity contribution < 1.29 is 9.90 Å². The van der Waals surface area contributed by atoms with Gasteiger partial charge in [0.25, 0.3) is 0 Å². The predicted octanol–water partition coefficient (Wildman–Crippen LogP) is 2.56. The summed E-state index contributed by atoms with van der Waals surface area (Å²) in [6, 6.07) is 1.82. The number of aromatic carboxylic acids is 1. The number of rotatable bonds is 4. The Labute approximate surface area is 104 Å². The lowest BCUT2D eigenvalue weighted by atomic mass is 10.3. The molecule has 0 amide bonds. The molecule has 2 rings (SSSR count). The molecule has 0 aromatic carbocycles. The zero-order valence-corrected chi connectivity index (χ0v) is 10.6. The fourth-order valence-electron chi connectivity index (χ4n) is 1.76. The van der Waals surface area contributed by atoms with E-state index in [4.69, 9.17) is 5.11 Å². The van der Waals surface area contributed by atoms with E-state index in [1.165, 1.54) is 0 Å². The third kappa shape index (κ3) is 2.39.